The summed E-state index contributed by atoms with van der Waals surface area (Å²) in [7, 11) is 0. The molecule has 0 spiro atoms. The molecule has 1 fully saturated rings. The minimum atomic E-state index is -0.0203. The van der Waals surface area contributed by atoms with Crippen molar-refractivity contribution in [2.24, 2.45) is 0 Å². The summed E-state index contributed by atoms with van der Waals surface area (Å²) >= 11 is 2.36. The van der Waals surface area contributed by atoms with Crippen LogP contribution in [-0.2, 0) is 0 Å². The lowest BCUT2D eigenvalue weighted by Gasteiger charge is -2.11. The topological polar surface area (TPSA) is 20.2 Å². The monoisotopic (exact) mass is 240 g/mol. The van der Waals surface area contributed by atoms with Crippen molar-refractivity contribution in [1.82, 2.24) is 0 Å². The third-order valence-corrected chi connectivity index (χ3v) is 3.35. The van der Waals surface area contributed by atoms with Gasteiger partial charge in [0.25, 0.3) is 0 Å². The van der Waals surface area contributed by atoms with Gasteiger partial charge < -0.3 is 5.11 Å². The van der Waals surface area contributed by atoms with E-state index >= 15 is 0 Å². The second kappa shape index (κ2) is 3.76. The molecule has 0 aliphatic heterocycles. The zero-order chi connectivity index (χ0) is 6.69. The standard InChI is InChI=1S/C7H13IO/c8-6-4-2-1-3-5-7(6)9/h6-7,9H,1-5H2. The van der Waals surface area contributed by atoms with Crippen LogP contribution in [-0.4, -0.2) is 15.1 Å². The van der Waals surface area contributed by atoms with E-state index in [1.54, 1.807) is 0 Å². The molecule has 1 saturated carbocycles. The van der Waals surface area contributed by atoms with E-state index in [1.807, 2.05) is 0 Å². The number of alkyl halides is 1. The molecule has 1 N–H and O–H groups in total. The van der Waals surface area contributed by atoms with Gasteiger partial charge in [0, 0.05) is 3.92 Å². The molecule has 54 valence electrons. The second-order valence-electron chi connectivity index (χ2n) is 2.72. The van der Waals surface area contributed by atoms with Crippen LogP contribution in [0.2, 0.25) is 0 Å². The van der Waals surface area contributed by atoms with E-state index in [0.717, 1.165) is 6.42 Å². The van der Waals surface area contributed by atoms with Gasteiger partial charge in [0.05, 0.1) is 6.10 Å². The van der Waals surface area contributed by atoms with Crippen LogP contribution in [0, 0.1) is 0 Å². The molecular weight excluding hydrogens is 227 g/mol. The first-order valence-electron chi connectivity index (χ1n) is 3.63. The highest BCUT2D eigenvalue weighted by Crippen LogP contribution is 2.23. The molecule has 2 atom stereocenters. The number of aliphatic hydroxyl groups excluding tert-OH is 1. The molecule has 0 saturated heterocycles. The Hall–Kier alpha value is 0.690. The summed E-state index contributed by atoms with van der Waals surface area (Å²) in [5, 5.41) is 9.35. The third kappa shape index (κ3) is 2.42. The van der Waals surface area contributed by atoms with E-state index in [4.69, 9.17) is 0 Å². The molecule has 0 aromatic heterocycles. The lowest BCUT2D eigenvalue weighted by molar-refractivity contribution is 0.168. The maximum atomic E-state index is 9.35. The molecule has 0 amide bonds. The van der Waals surface area contributed by atoms with Crippen molar-refractivity contribution in [2.75, 3.05) is 0 Å². The molecule has 2 heteroatoms. The smallest absolute Gasteiger partial charge is 0.0657 e. The number of halogens is 1. The molecule has 1 aliphatic rings. The van der Waals surface area contributed by atoms with Gasteiger partial charge in [-0.3, -0.25) is 0 Å². The Morgan fingerprint density at radius 1 is 1.11 bits per heavy atom. The molecule has 0 radical (unpaired) electrons. The minimum Gasteiger partial charge on any atom is -0.392 e. The summed E-state index contributed by atoms with van der Waals surface area (Å²) in [5.41, 5.74) is 0. The fraction of sp³-hybridized carbons (Fsp3) is 1.00. The Morgan fingerprint density at radius 3 is 2.56 bits per heavy atom. The molecule has 0 bridgehead atoms. The van der Waals surface area contributed by atoms with Crippen molar-refractivity contribution in [3.05, 3.63) is 0 Å². The summed E-state index contributed by atoms with van der Waals surface area (Å²) in [4.78, 5) is 0. The van der Waals surface area contributed by atoms with Crippen LogP contribution in [0.1, 0.15) is 32.1 Å². The summed E-state index contributed by atoms with van der Waals surface area (Å²) < 4.78 is 0.519. The fourth-order valence-corrected chi connectivity index (χ4v) is 2.04. The molecular formula is C7H13IO. The van der Waals surface area contributed by atoms with Crippen molar-refractivity contribution >= 4 is 22.6 Å². The van der Waals surface area contributed by atoms with Gasteiger partial charge in [-0.1, -0.05) is 41.9 Å². The maximum Gasteiger partial charge on any atom is 0.0657 e. The Labute approximate surface area is 70.0 Å². The first-order chi connectivity index (χ1) is 4.30. The van der Waals surface area contributed by atoms with Crippen LogP contribution >= 0.6 is 22.6 Å². The fourth-order valence-electron chi connectivity index (χ4n) is 1.24. The van der Waals surface area contributed by atoms with Crippen LogP contribution in [0.15, 0.2) is 0 Å². The van der Waals surface area contributed by atoms with E-state index in [9.17, 15) is 5.11 Å². The van der Waals surface area contributed by atoms with E-state index in [0.29, 0.717) is 3.92 Å². The molecule has 0 aromatic rings. The summed E-state index contributed by atoms with van der Waals surface area (Å²) in [6.07, 6.45) is 6.06. The summed E-state index contributed by atoms with van der Waals surface area (Å²) in [5.74, 6) is 0. The highest BCUT2D eigenvalue weighted by atomic mass is 127. The van der Waals surface area contributed by atoms with E-state index in [1.165, 1.54) is 25.7 Å². The van der Waals surface area contributed by atoms with Crippen LogP contribution in [0.3, 0.4) is 0 Å². The van der Waals surface area contributed by atoms with Gasteiger partial charge in [0.2, 0.25) is 0 Å². The predicted octanol–water partition coefficient (Wildman–Crippen LogP) is 2.12. The quantitative estimate of drug-likeness (QED) is 0.390. The van der Waals surface area contributed by atoms with Crippen molar-refractivity contribution in [1.29, 1.82) is 0 Å². The van der Waals surface area contributed by atoms with Crippen LogP contribution in [0.25, 0.3) is 0 Å². The second-order valence-corrected chi connectivity index (χ2v) is 4.32. The molecule has 1 rings (SSSR count). The molecule has 0 aromatic carbocycles. The molecule has 2 unspecified atom stereocenters. The van der Waals surface area contributed by atoms with E-state index in [2.05, 4.69) is 22.6 Å². The van der Waals surface area contributed by atoms with Gasteiger partial charge in [-0.25, -0.2) is 0 Å². The zero-order valence-corrected chi connectivity index (χ0v) is 7.67. The SMILES string of the molecule is OC1CCCCCC1I. The Balaban J connectivity index is 2.32. The Bertz CT molecular complexity index is 75.0. The van der Waals surface area contributed by atoms with Crippen molar-refractivity contribution < 1.29 is 5.11 Å². The van der Waals surface area contributed by atoms with Gasteiger partial charge in [-0.05, 0) is 12.8 Å². The van der Waals surface area contributed by atoms with Crippen LogP contribution in [0.5, 0.6) is 0 Å². The van der Waals surface area contributed by atoms with E-state index < -0.39 is 0 Å². The first kappa shape index (κ1) is 7.79. The molecule has 9 heavy (non-hydrogen) atoms. The molecule has 0 heterocycles. The average Bonchev–Trinajstić information content (AvgIpc) is 1.99. The Morgan fingerprint density at radius 2 is 1.78 bits per heavy atom. The number of hydrogen-bond donors (Lipinski definition) is 1. The van der Waals surface area contributed by atoms with Crippen molar-refractivity contribution in [2.45, 2.75) is 42.1 Å². The Kier molecular flexibility index (Phi) is 3.26. The number of hydrogen-bond acceptors (Lipinski definition) is 1. The summed E-state index contributed by atoms with van der Waals surface area (Å²) in [6.45, 7) is 0. The maximum absolute atomic E-state index is 9.35. The lowest BCUT2D eigenvalue weighted by Crippen LogP contribution is -2.17. The summed E-state index contributed by atoms with van der Waals surface area (Å²) in [6, 6.07) is 0. The van der Waals surface area contributed by atoms with Gasteiger partial charge in [-0.15, -0.1) is 0 Å². The largest absolute Gasteiger partial charge is 0.392 e. The normalized spacial score (nSPS) is 38.0. The highest BCUT2D eigenvalue weighted by Gasteiger charge is 2.17. The predicted molar refractivity (Wildman–Crippen MR) is 46.9 cm³/mol. The third-order valence-electron chi connectivity index (χ3n) is 1.90. The van der Waals surface area contributed by atoms with Gasteiger partial charge in [0.15, 0.2) is 0 Å². The van der Waals surface area contributed by atoms with Crippen LogP contribution < -0.4 is 0 Å². The molecule has 1 aliphatic carbocycles. The molecule has 1 nitrogen and oxygen atoms in total. The van der Waals surface area contributed by atoms with Crippen molar-refractivity contribution in [3.8, 4) is 0 Å². The average molecular weight is 240 g/mol. The number of rotatable bonds is 0. The van der Waals surface area contributed by atoms with Gasteiger partial charge >= 0.3 is 0 Å². The first-order valence-corrected chi connectivity index (χ1v) is 4.87. The minimum absolute atomic E-state index is 0.0203. The number of aliphatic hydroxyl groups is 1. The van der Waals surface area contributed by atoms with Gasteiger partial charge in [0.1, 0.15) is 0 Å². The van der Waals surface area contributed by atoms with Crippen molar-refractivity contribution in [3.63, 3.8) is 0 Å². The van der Waals surface area contributed by atoms with Crippen LogP contribution in [0.4, 0.5) is 0 Å². The zero-order valence-electron chi connectivity index (χ0n) is 5.52. The van der Waals surface area contributed by atoms with E-state index in [-0.39, 0.29) is 6.10 Å². The lowest BCUT2D eigenvalue weighted by atomic mass is 10.2. The highest BCUT2D eigenvalue weighted by molar-refractivity contribution is 14.1. The van der Waals surface area contributed by atoms with Gasteiger partial charge in [-0.2, -0.15) is 0 Å².